The first-order valence-corrected chi connectivity index (χ1v) is 30.6. The number of nitrogens with zero attached hydrogens (tertiary/aromatic N) is 6. The van der Waals surface area contributed by atoms with E-state index in [0.717, 1.165) is 34.1 Å². The summed E-state index contributed by atoms with van der Waals surface area (Å²) in [5.74, 6) is 0. The first-order chi connectivity index (χ1) is 38.8. The standard InChI is InChI=1S/C70H46N6Si2/c1-7-23-45(24-8-1)71-53-35-19-39-57-65(53)77-67-55(71)37-21-41-59(67)75(49-31-15-5-16-32-49)63-51-44-62-70-64(52(51)43-61(69(63)77)73(57)47-27-11-3-12-28-47)76(50-33-17-6-18-34-50)60-42-22-38-56-68(60)78(70)66-54(72(56)46-25-9-2-10-26-46)36-20-40-58(66)74(62)48-29-13-4-14-30-48/h1-44,77-78H. The maximum Gasteiger partial charge on any atom is 0.149 e. The maximum absolute atomic E-state index is 2.66. The number of benzene rings is 12. The molecule has 0 aromatic heterocycles. The molecule has 8 heteroatoms. The molecular weight excluding hydrogens is 981 g/mol. The van der Waals surface area contributed by atoms with Crippen molar-refractivity contribution in [2.45, 2.75) is 0 Å². The van der Waals surface area contributed by atoms with Crippen LogP contribution in [-0.2, 0) is 0 Å². The van der Waals surface area contributed by atoms with Crippen LogP contribution in [-0.4, -0.2) is 17.6 Å². The Labute approximate surface area is 455 Å². The van der Waals surface area contributed by atoms with Crippen molar-refractivity contribution in [2.75, 3.05) is 29.4 Å². The van der Waals surface area contributed by atoms with Crippen LogP contribution in [0.1, 0.15) is 0 Å². The number of anilines is 18. The van der Waals surface area contributed by atoms with Crippen LogP contribution in [0.2, 0.25) is 0 Å². The van der Waals surface area contributed by atoms with E-state index in [1.54, 1.807) is 0 Å². The highest BCUT2D eigenvalue weighted by Gasteiger charge is 2.52. The molecule has 0 amide bonds. The average molecular weight is 1030 g/mol. The van der Waals surface area contributed by atoms with Crippen molar-refractivity contribution in [3.05, 3.63) is 267 Å². The molecule has 0 N–H and O–H groups in total. The predicted molar refractivity (Wildman–Crippen MR) is 331 cm³/mol. The van der Waals surface area contributed by atoms with Gasteiger partial charge in [-0.25, -0.2) is 0 Å². The van der Waals surface area contributed by atoms with Crippen molar-refractivity contribution in [2.24, 2.45) is 0 Å². The third kappa shape index (κ3) is 5.49. The summed E-state index contributed by atoms with van der Waals surface area (Å²) in [5.41, 5.74) is 22.1. The minimum Gasteiger partial charge on any atom is -0.311 e. The number of hydrogen-bond acceptors (Lipinski definition) is 6. The van der Waals surface area contributed by atoms with Gasteiger partial charge < -0.3 is 29.4 Å². The molecule has 0 fully saturated rings. The summed E-state index contributed by atoms with van der Waals surface area (Å²) in [7, 11) is -4.63. The zero-order valence-corrected chi connectivity index (χ0v) is 44.6. The summed E-state index contributed by atoms with van der Waals surface area (Å²) in [6, 6.07) is 100. The van der Waals surface area contributed by atoms with Gasteiger partial charge in [0.25, 0.3) is 0 Å². The van der Waals surface area contributed by atoms with Crippen molar-refractivity contribution in [1.82, 2.24) is 0 Å². The van der Waals surface area contributed by atoms with E-state index in [1.165, 1.54) is 110 Å². The van der Waals surface area contributed by atoms with Crippen molar-refractivity contribution in [1.29, 1.82) is 0 Å². The summed E-state index contributed by atoms with van der Waals surface area (Å²) < 4.78 is 0. The molecule has 0 aliphatic carbocycles. The number of para-hydroxylation sites is 6. The highest BCUT2D eigenvalue weighted by Crippen LogP contribution is 2.57. The van der Waals surface area contributed by atoms with E-state index in [2.05, 4.69) is 296 Å². The SMILES string of the molecule is c1ccc(N2c3cccc4c3[SiH]3c5c2cccc5N(c2ccccc2)c2c3c(cc3c5c6c(cc23)N(c2ccccc2)c2cccc3c2[SiH]6c2c(cccc2N5c2ccccc2)N3c2ccccc2)N4c2ccccc2)cc1. The fourth-order valence-corrected chi connectivity index (χ4v) is 22.6. The van der Waals surface area contributed by atoms with Gasteiger partial charge in [-0.05, 0) is 165 Å². The molecule has 12 aromatic carbocycles. The minimum absolute atomic E-state index is 1.15. The molecule has 12 aromatic rings. The molecule has 0 bridgehead atoms. The smallest absolute Gasteiger partial charge is 0.149 e. The maximum atomic E-state index is 2.66. The van der Waals surface area contributed by atoms with Crippen LogP contribution in [0.3, 0.4) is 0 Å². The molecule has 0 spiro atoms. The van der Waals surface area contributed by atoms with E-state index < -0.39 is 17.6 Å². The molecule has 2 unspecified atom stereocenters. The van der Waals surface area contributed by atoms with Crippen LogP contribution in [0, 0.1) is 0 Å². The van der Waals surface area contributed by atoms with Crippen molar-refractivity contribution < 1.29 is 0 Å². The molecule has 6 heterocycles. The van der Waals surface area contributed by atoms with Gasteiger partial charge in [0.2, 0.25) is 0 Å². The second-order valence-corrected chi connectivity index (χ2v) is 26.3. The molecule has 6 aliphatic heterocycles. The third-order valence-corrected chi connectivity index (χ3v) is 24.3. The van der Waals surface area contributed by atoms with E-state index in [4.69, 9.17) is 0 Å². The molecule has 6 aliphatic rings. The highest BCUT2D eigenvalue weighted by molar-refractivity contribution is 7.04. The van der Waals surface area contributed by atoms with Gasteiger partial charge in [-0.15, -0.1) is 0 Å². The summed E-state index contributed by atoms with van der Waals surface area (Å²) in [6.07, 6.45) is 0. The van der Waals surface area contributed by atoms with Gasteiger partial charge in [-0.2, -0.15) is 0 Å². The van der Waals surface area contributed by atoms with Crippen LogP contribution in [0.15, 0.2) is 267 Å². The zero-order chi connectivity index (χ0) is 50.7. The second-order valence-electron chi connectivity index (χ2n) is 21.1. The Morgan fingerprint density at radius 3 is 0.628 bits per heavy atom. The number of rotatable bonds is 6. The zero-order valence-electron chi connectivity index (χ0n) is 42.2. The Hall–Kier alpha value is -9.87. The summed E-state index contributed by atoms with van der Waals surface area (Å²) in [6.45, 7) is 0. The first kappa shape index (κ1) is 42.4. The van der Waals surface area contributed by atoms with Gasteiger partial charge in [-0.3, -0.25) is 0 Å². The fraction of sp³-hybridized carbons (Fsp3) is 0. The van der Waals surface area contributed by atoms with Crippen LogP contribution in [0.5, 0.6) is 0 Å². The van der Waals surface area contributed by atoms with E-state index in [1.807, 2.05) is 0 Å². The fourth-order valence-electron chi connectivity index (χ4n) is 14.6. The third-order valence-electron chi connectivity index (χ3n) is 17.3. The van der Waals surface area contributed by atoms with Gasteiger partial charge in [0.05, 0.1) is 11.4 Å². The van der Waals surface area contributed by atoms with Gasteiger partial charge in [0.15, 0.2) is 0 Å². The molecular formula is C70H46N6Si2. The lowest BCUT2D eigenvalue weighted by atomic mass is 9.97. The second kappa shape index (κ2) is 15.8. The molecule has 0 saturated carbocycles. The Balaban J connectivity index is 1.05. The van der Waals surface area contributed by atoms with E-state index in [0.29, 0.717) is 0 Å². The lowest BCUT2D eigenvalue weighted by molar-refractivity contribution is 1.22. The molecule has 2 atom stereocenters. The molecule has 0 saturated heterocycles. The molecule has 6 nitrogen and oxygen atoms in total. The monoisotopic (exact) mass is 1030 g/mol. The topological polar surface area (TPSA) is 19.4 Å². The van der Waals surface area contributed by atoms with E-state index >= 15 is 0 Å². The summed E-state index contributed by atoms with van der Waals surface area (Å²) in [4.78, 5) is 15.7. The highest BCUT2D eigenvalue weighted by atomic mass is 28.3. The summed E-state index contributed by atoms with van der Waals surface area (Å²) >= 11 is 0. The quantitative estimate of drug-likeness (QED) is 0.154. The van der Waals surface area contributed by atoms with Crippen LogP contribution in [0.4, 0.5) is 102 Å². The molecule has 78 heavy (non-hydrogen) atoms. The summed E-state index contributed by atoms with van der Waals surface area (Å²) in [5, 5.41) is 11.3. The lowest BCUT2D eigenvalue weighted by Gasteiger charge is -2.51. The Kier molecular flexibility index (Phi) is 8.61. The molecule has 364 valence electrons. The van der Waals surface area contributed by atoms with E-state index in [-0.39, 0.29) is 0 Å². The Morgan fingerprint density at radius 1 is 0.179 bits per heavy atom. The Morgan fingerprint density at radius 2 is 0.385 bits per heavy atom. The average Bonchev–Trinajstić information content (AvgIpc) is 2.03. The van der Waals surface area contributed by atoms with Gasteiger partial charge >= 0.3 is 0 Å². The van der Waals surface area contributed by atoms with Gasteiger partial charge in [-0.1, -0.05) is 133 Å². The van der Waals surface area contributed by atoms with Crippen molar-refractivity contribution in [3.8, 4) is 0 Å². The molecule has 0 radical (unpaired) electrons. The number of hydrogen-bond donors (Lipinski definition) is 0. The Bertz CT molecular complexity index is 4160. The lowest BCUT2D eigenvalue weighted by Crippen LogP contribution is -2.65. The van der Waals surface area contributed by atoms with Gasteiger partial charge in [0, 0.05) is 102 Å². The van der Waals surface area contributed by atoms with Gasteiger partial charge in [0.1, 0.15) is 17.6 Å². The molecule has 18 rings (SSSR count). The predicted octanol–water partition coefficient (Wildman–Crippen LogP) is 14.0. The van der Waals surface area contributed by atoms with E-state index in [9.17, 15) is 0 Å². The largest absolute Gasteiger partial charge is 0.311 e. The van der Waals surface area contributed by atoms with Crippen molar-refractivity contribution in [3.63, 3.8) is 0 Å². The van der Waals surface area contributed by atoms with Crippen molar-refractivity contribution >= 4 is 162 Å². The van der Waals surface area contributed by atoms with Crippen LogP contribution in [0.25, 0.3) is 10.8 Å². The minimum atomic E-state index is -2.31. The van der Waals surface area contributed by atoms with Crippen LogP contribution >= 0.6 is 0 Å². The number of fused-ring (bicyclic) bond motifs is 3. The normalized spacial score (nSPS) is 16.1. The van der Waals surface area contributed by atoms with Crippen LogP contribution < -0.4 is 60.5 Å². The first-order valence-electron chi connectivity index (χ1n) is 27.1.